The topological polar surface area (TPSA) is 114 Å². The third-order valence-corrected chi connectivity index (χ3v) is 5.13. The number of methoxy groups -OCH3 is 1. The van der Waals surface area contributed by atoms with E-state index < -0.39 is 12.3 Å². The molecule has 0 atom stereocenters. The minimum atomic E-state index is -3.16. The quantitative estimate of drug-likeness (QED) is 0.624. The van der Waals surface area contributed by atoms with Gasteiger partial charge in [0.2, 0.25) is 17.8 Å². The Bertz CT molecular complexity index is 933. The average Bonchev–Trinajstić information content (AvgIpc) is 2.86. The van der Waals surface area contributed by atoms with Crippen LogP contribution >= 0.6 is 0 Å². The van der Waals surface area contributed by atoms with Crippen molar-refractivity contribution in [1.29, 1.82) is 0 Å². The maximum absolute atomic E-state index is 12.8. The number of alkyl halides is 2. The fourth-order valence-electron chi connectivity index (χ4n) is 3.39. The maximum atomic E-state index is 12.8. The van der Waals surface area contributed by atoms with Crippen LogP contribution < -0.4 is 25.2 Å². The molecule has 0 spiro atoms. The van der Waals surface area contributed by atoms with Gasteiger partial charge in [0.1, 0.15) is 5.75 Å². The Kier molecular flexibility index (Phi) is 7.29. The molecule has 178 valence electrons. The molecule has 4 rings (SSSR count). The lowest BCUT2D eigenvalue weighted by Gasteiger charge is -2.30. The van der Waals surface area contributed by atoms with Crippen molar-refractivity contribution in [1.82, 2.24) is 15.0 Å². The predicted molar refractivity (Wildman–Crippen MR) is 117 cm³/mol. The number of rotatable bonds is 7. The molecule has 0 aliphatic carbocycles. The molecule has 11 nitrogen and oxygen atoms in total. The van der Waals surface area contributed by atoms with Crippen molar-refractivity contribution >= 4 is 35.1 Å². The van der Waals surface area contributed by atoms with Gasteiger partial charge in [-0.3, -0.25) is 4.79 Å². The maximum Gasteiger partial charge on any atom is 0.315 e. The molecule has 2 fully saturated rings. The minimum Gasteiger partial charge on any atom is -0.497 e. The number of morpholine rings is 2. The molecule has 1 amide bonds. The lowest BCUT2D eigenvalue weighted by molar-refractivity contribution is -0.126. The zero-order chi connectivity index (χ0) is 23.2. The Morgan fingerprint density at radius 3 is 2.06 bits per heavy atom. The van der Waals surface area contributed by atoms with E-state index in [1.807, 2.05) is 9.80 Å². The summed E-state index contributed by atoms with van der Waals surface area (Å²) in [6, 6.07) is 4.66. The molecule has 0 unspecified atom stereocenters. The van der Waals surface area contributed by atoms with Gasteiger partial charge in [-0.2, -0.15) is 23.7 Å². The predicted octanol–water partition coefficient (Wildman–Crippen LogP) is 1.50. The number of anilines is 5. The van der Waals surface area contributed by atoms with E-state index in [0.717, 1.165) is 0 Å². The van der Waals surface area contributed by atoms with Crippen LogP contribution in [-0.4, -0.2) is 87.0 Å². The van der Waals surface area contributed by atoms with Crippen LogP contribution in [0.15, 0.2) is 18.2 Å². The van der Waals surface area contributed by atoms with Crippen LogP contribution in [0.3, 0.4) is 0 Å². The second kappa shape index (κ2) is 10.5. The summed E-state index contributed by atoms with van der Waals surface area (Å²) in [6.45, 7) is 4.75. The van der Waals surface area contributed by atoms with Crippen molar-refractivity contribution in [2.75, 3.05) is 80.1 Å². The molecule has 2 aromatic rings. The van der Waals surface area contributed by atoms with Crippen LogP contribution in [0.4, 0.5) is 38.0 Å². The van der Waals surface area contributed by atoms with Crippen LogP contribution in [0.5, 0.6) is 5.75 Å². The number of hydrogen-bond donors (Lipinski definition) is 2. The van der Waals surface area contributed by atoms with Crippen LogP contribution in [0.2, 0.25) is 0 Å². The van der Waals surface area contributed by atoms with Gasteiger partial charge in [-0.25, -0.2) is 0 Å². The number of benzene rings is 1. The zero-order valence-corrected chi connectivity index (χ0v) is 18.1. The molecular weight excluding hydrogens is 440 g/mol. The molecule has 1 aromatic carbocycles. The summed E-state index contributed by atoms with van der Waals surface area (Å²) in [5, 5.41) is 5.24. The average molecular weight is 465 g/mol. The summed E-state index contributed by atoms with van der Waals surface area (Å²) >= 11 is 0. The lowest BCUT2D eigenvalue weighted by atomic mass is 10.2. The standard InChI is InChI=1S/C20H25F2N7O4/c1-31-13-2-3-14(15(12-13)23-17(30)16(21)22)24-18-25-19(28-4-8-32-9-5-28)27-20(26-18)29-6-10-33-11-7-29/h2-3,12,16H,4-11H2,1H3,(H,23,30)(H,24,25,26,27). The van der Waals surface area contributed by atoms with E-state index in [4.69, 9.17) is 14.2 Å². The molecule has 33 heavy (non-hydrogen) atoms. The second-order valence-corrected chi connectivity index (χ2v) is 7.28. The number of carbonyl (C=O) groups excluding carboxylic acids is 1. The first-order chi connectivity index (χ1) is 16.0. The van der Waals surface area contributed by atoms with Gasteiger partial charge in [-0.05, 0) is 12.1 Å². The summed E-state index contributed by atoms with van der Waals surface area (Å²) in [5.41, 5.74) is 0.442. The molecular formula is C20H25F2N7O4. The van der Waals surface area contributed by atoms with E-state index in [-0.39, 0.29) is 11.6 Å². The third-order valence-electron chi connectivity index (χ3n) is 5.13. The summed E-state index contributed by atoms with van der Waals surface area (Å²) in [4.78, 5) is 29.3. The van der Waals surface area contributed by atoms with Crippen LogP contribution in [0.25, 0.3) is 0 Å². The molecule has 2 saturated heterocycles. The highest BCUT2D eigenvalue weighted by atomic mass is 19.3. The monoisotopic (exact) mass is 465 g/mol. The summed E-state index contributed by atoms with van der Waals surface area (Å²) < 4.78 is 41.7. The highest BCUT2D eigenvalue weighted by Crippen LogP contribution is 2.30. The van der Waals surface area contributed by atoms with Crippen molar-refractivity contribution in [3.05, 3.63) is 18.2 Å². The Morgan fingerprint density at radius 2 is 1.55 bits per heavy atom. The first-order valence-electron chi connectivity index (χ1n) is 10.5. The molecule has 3 heterocycles. The van der Waals surface area contributed by atoms with E-state index >= 15 is 0 Å². The lowest BCUT2D eigenvalue weighted by Crippen LogP contribution is -2.40. The molecule has 2 N–H and O–H groups in total. The summed E-state index contributed by atoms with van der Waals surface area (Å²) in [6.07, 6.45) is -3.16. The fourth-order valence-corrected chi connectivity index (χ4v) is 3.39. The first kappa shape index (κ1) is 22.9. The number of ether oxygens (including phenoxy) is 3. The molecule has 0 bridgehead atoms. The fraction of sp³-hybridized carbons (Fsp3) is 0.500. The van der Waals surface area contributed by atoms with Crippen LogP contribution in [0.1, 0.15) is 0 Å². The Morgan fingerprint density at radius 1 is 0.970 bits per heavy atom. The molecule has 2 aliphatic heterocycles. The minimum absolute atomic E-state index is 0.112. The van der Waals surface area contributed by atoms with E-state index in [9.17, 15) is 13.6 Å². The van der Waals surface area contributed by atoms with Gasteiger partial charge in [-0.1, -0.05) is 0 Å². The van der Waals surface area contributed by atoms with Crippen molar-refractivity contribution in [2.45, 2.75) is 6.43 Å². The Labute approximate surface area is 189 Å². The summed E-state index contributed by atoms with van der Waals surface area (Å²) in [7, 11) is 1.44. The van der Waals surface area contributed by atoms with Crippen LogP contribution in [0, 0.1) is 0 Å². The van der Waals surface area contributed by atoms with E-state index in [2.05, 4.69) is 25.6 Å². The van der Waals surface area contributed by atoms with Crippen molar-refractivity contribution < 1.29 is 27.8 Å². The van der Waals surface area contributed by atoms with E-state index in [0.29, 0.717) is 75.9 Å². The number of amides is 1. The Hall–Kier alpha value is -3.32. The highest BCUT2D eigenvalue weighted by Gasteiger charge is 2.22. The van der Waals surface area contributed by atoms with Gasteiger partial charge in [0, 0.05) is 32.2 Å². The SMILES string of the molecule is COc1ccc(Nc2nc(N3CCOCC3)nc(N3CCOCC3)n2)c(NC(=O)C(F)F)c1. The van der Waals surface area contributed by atoms with Crippen molar-refractivity contribution in [3.63, 3.8) is 0 Å². The molecule has 2 aliphatic rings. The van der Waals surface area contributed by atoms with Gasteiger partial charge < -0.3 is 34.6 Å². The zero-order valence-electron chi connectivity index (χ0n) is 18.1. The van der Waals surface area contributed by atoms with Crippen molar-refractivity contribution in [3.8, 4) is 5.75 Å². The summed E-state index contributed by atoms with van der Waals surface area (Å²) in [5.74, 6) is 0.132. The van der Waals surface area contributed by atoms with E-state index in [1.54, 1.807) is 12.1 Å². The first-order valence-corrected chi connectivity index (χ1v) is 10.5. The highest BCUT2D eigenvalue weighted by molar-refractivity contribution is 5.96. The second-order valence-electron chi connectivity index (χ2n) is 7.28. The number of halogens is 2. The van der Waals surface area contributed by atoms with Gasteiger partial charge in [0.25, 0.3) is 5.91 Å². The Balaban J connectivity index is 1.66. The van der Waals surface area contributed by atoms with Gasteiger partial charge in [-0.15, -0.1) is 0 Å². The van der Waals surface area contributed by atoms with E-state index in [1.165, 1.54) is 13.2 Å². The number of nitrogens with one attached hydrogen (secondary N) is 2. The number of hydrogen-bond acceptors (Lipinski definition) is 10. The molecule has 0 radical (unpaired) electrons. The van der Waals surface area contributed by atoms with Gasteiger partial charge in [0.15, 0.2) is 0 Å². The van der Waals surface area contributed by atoms with Gasteiger partial charge in [0.05, 0.1) is 44.9 Å². The normalized spacial score (nSPS) is 16.6. The third kappa shape index (κ3) is 5.73. The molecule has 13 heteroatoms. The smallest absolute Gasteiger partial charge is 0.315 e. The number of carbonyl (C=O) groups is 1. The van der Waals surface area contributed by atoms with Crippen molar-refractivity contribution in [2.24, 2.45) is 0 Å². The van der Waals surface area contributed by atoms with Crippen LogP contribution in [-0.2, 0) is 14.3 Å². The van der Waals surface area contributed by atoms with Gasteiger partial charge >= 0.3 is 6.43 Å². The number of nitrogens with zero attached hydrogens (tertiary/aromatic N) is 5. The number of aromatic nitrogens is 3. The largest absolute Gasteiger partial charge is 0.497 e. The molecule has 1 aromatic heterocycles. The molecule has 0 saturated carbocycles.